The second kappa shape index (κ2) is 6.08. The van der Waals surface area contributed by atoms with E-state index in [1.54, 1.807) is 49.5 Å². The van der Waals surface area contributed by atoms with E-state index >= 15 is 0 Å². The molecule has 0 aliphatic rings. The molecule has 20 heavy (non-hydrogen) atoms. The average Bonchev–Trinajstić information content (AvgIpc) is 2.46. The van der Waals surface area contributed by atoms with Crippen LogP contribution in [0.25, 0.3) is 0 Å². The molecule has 2 aromatic rings. The van der Waals surface area contributed by atoms with Gasteiger partial charge in [0, 0.05) is 17.2 Å². The van der Waals surface area contributed by atoms with Gasteiger partial charge >= 0.3 is 0 Å². The summed E-state index contributed by atoms with van der Waals surface area (Å²) in [6.45, 7) is 0. The number of nitriles is 1. The van der Waals surface area contributed by atoms with E-state index in [0.29, 0.717) is 21.8 Å². The fourth-order valence-corrected chi connectivity index (χ4v) is 2.47. The van der Waals surface area contributed by atoms with Crippen molar-refractivity contribution in [3.63, 3.8) is 0 Å². The van der Waals surface area contributed by atoms with Crippen LogP contribution in [0.3, 0.4) is 0 Å². The summed E-state index contributed by atoms with van der Waals surface area (Å²) in [5.41, 5.74) is 1.69. The van der Waals surface area contributed by atoms with Crippen LogP contribution in [0, 0.1) is 11.3 Å². The summed E-state index contributed by atoms with van der Waals surface area (Å²) < 4.78 is 0.820. The predicted molar refractivity (Wildman–Crippen MR) is 83.0 cm³/mol. The molecule has 0 bridgehead atoms. The maximum atomic E-state index is 12.4. The number of amides is 1. The Balaban J connectivity index is 2.30. The van der Waals surface area contributed by atoms with Crippen LogP contribution in [0.1, 0.15) is 15.9 Å². The van der Waals surface area contributed by atoms with E-state index in [1.165, 1.54) is 4.90 Å². The lowest BCUT2D eigenvalue weighted by molar-refractivity contribution is 0.0993. The highest BCUT2D eigenvalue weighted by molar-refractivity contribution is 9.10. The van der Waals surface area contributed by atoms with Gasteiger partial charge in [0.25, 0.3) is 5.91 Å². The highest BCUT2D eigenvalue weighted by Crippen LogP contribution is 2.24. The third-order valence-corrected chi connectivity index (χ3v) is 3.66. The Kier molecular flexibility index (Phi) is 4.43. The van der Waals surface area contributed by atoms with Gasteiger partial charge in [0.05, 0.1) is 22.2 Å². The zero-order valence-electron chi connectivity index (χ0n) is 10.6. The Morgan fingerprint density at radius 3 is 2.45 bits per heavy atom. The Labute approximate surface area is 130 Å². The van der Waals surface area contributed by atoms with E-state index in [4.69, 9.17) is 16.9 Å². The molecule has 0 saturated heterocycles. The van der Waals surface area contributed by atoms with Gasteiger partial charge in [-0.2, -0.15) is 5.26 Å². The van der Waals surface area contributed by atoms with Crippen molar-refractivity contribution < 1.29 is 4.79 Å². The number of halogens is 2. The van der Waals surface area contributed by atoms with Crippen molar-refractivity contribution in [2.75, 3.05) is 11.9 Å². The number of hydrogen-bond donors (Lipinski definition) is 0. The van der Waals surface area contributed by atoms with Crippen molar-refractivity contribution in [1.29, 1.82) is 5.26 Å². The van der Waals surface area contributed by atoms with Crippen molar-refractivity contribution in [2.45, 2.75) is 0 Å². The molecular weight excluding hydrogens is 340 g/mol. The first-order valence-electron chi connectivity index (χ1n) is 5.76. The summed E-state index contributed by atoms with van der Waals surface area (Å²) in [6.07, 6.45) is 0. The third kappa shape index (κ3) is 3.01. The number of anilines is 1. The van der Waals surface area contributed by atoms with Crippen LogP contribution in [0.15, 0.2) is 46.9 Å². The largest absolute Gasteiger partial charge is 0.311 e. The Bertz CT molecular complexity index is 692. The molecule has 1 amide bonds. The molecule has 0 heterocycles. The molecule has 0 unspecified atom stereocenters. The zero-order chi connectivity index (χ0) is 14.7. The molecule has 0 aliphatic heterocycles. The standard InChI is InChI=1S/C15H10BrClN2O/c1-19(12-5-2-10(9-18)3-6-12)15(20)13-7-4-11(16)8-14(13)17/h2-8H,1H3. The van der Waals surface area contributed by atoms with E-state index in [9.17, 15) is 4.79 Å². The number of nitrogens with zero attached hydrogens (tertiary/aromatic N) is 2. The number of carbonyl (C=O) groups excluding carboxylic acids is 1. The van der Waals surface area contributed by atoms with Crippen LogP contribution >= 0.6 is 27.5 Å². The topological polar surface area (TPSA) is 44.1 Å². The van der Waals surface area contributed by atoms with Crippen molar-refractivity contribution >= 4 is 39.1 Å². The van der Waals surface area contributed by atoms with Crippen LogP contribution in [0.2, 0.25) is 5.02 Å². The third-order valence-electron chi connectivity index (χ3n) is 2.85. The van der Waals surface area contributed by atoms with Gasteiger partial charge in [-0.25, -0.2) is 0 Å². The average molecular weight is 350 g/mol. The number of carbonyl (C=O) groups is 1. The van der Waals surface area contributed by atoms with E-state index in [0.717, 1.165) is 4.47 Å². The Hall–Kier alpha value is -1.83. The van der Waals surface area contributed by atoms with Crippen molar-refractivity contribution in [1.82, 2.24) is 0 Å². The minimum Gasteiger partial charge on any atom is -0.311 e. The van der Waals surface area contributed by atoms with Gasteiger partial charge in [0.2, 0.25) is 0 Å². The van der Waals surface area contributed by atoms with Crippen LogP contribution < -0.4 is 4.90 Å². The summed E-state index contributed by atoms with van der Waals surface area (Å²) in [6, 6.07) is 14.0. The fourth-order valence-electron chi connectivity index (χ4n) is 1.72. The van der Waals surface area contributed by atoms with Gasteiger partial charge in [-0.05, 0) is 42.5 Å². The lowest BCUT2D eigenvalue weighted by atomic mass is 10.1. The number of benzene rings is 2. The molecule has 0 fully saturated rings. The van der Waals surface area contributed by atoms with Gasteiger partial charge in [0.15, 0.2) is 0 Å². The first-order chi connectivity index (χ1) is 9.52. The summed E-state index contributed by atoms with van der Waals surface area (Å²) in [7, 11) is 1.67. The highest BCUT2D eigenvalue weighted by Gasteiger charge is 2.16. The van der Waals surface area contributed by atoms with Gasteiger partial charge in [-0.15, -0.1) is 0 Å². The molecule has 3 nitrogen and oxygen atoms in total. The molecule has 100 valence electrons. The number of hydrogen-bond acceptors (Lipinski definition) is 2. The molecule has 0 saturated carbocycles. The maximum Gasteiger partial charge on any atom is 0.259 e. The summed E-state index contributed by atoms with van der Waals surface area (Å²) in [4.78, 5) is 13.9. The van der Waals surface area contributed by atoms with E-state index in [2.05, 4.69) is 15.9 Å². The highest BCUT2D eigenvalue weighted by atomic mass is 79.9. The van der Waals surface area contributed by atoms with E-state index in [1.807, 2.05) is 6.07 Å². The quantitative estimate of drug-likeness (QED) is 0.813. The second-order valence-corrected chi connectivity index (χ2v) is 5.47. The molecule has 2 aromatic carbocycles. The molecule has 0 N–H and O–H groups in total. The van der Waals surface area contributed by atoms with Crippen LogP contribution in [-0.2, 0) is 0 Å². The van der Waals surface area contributed by atoms with Gasteiger partial charge < -0.3 is 4.90 Å². The molecule has 2 rings (SSSR count). The molecule has 0 aromatic heterocycles. The molecular formula is C15H10BrClN2O. The number of rotatable bonds is 2. The Morgan fingerprint density at radius 2 is 1.90 bits per heavy atom. The minimum absolute atomic E-state index is 0.202. The molecule has 0 aliphatic carbocycles. The van der Waals surface area contributed by atoms with Crippen LogP contribution in [0.5, 0.6) is 0 Å². The van der Waals surface area contributed by atoms with Gasteiger partial charge in [0.1, 0.15) is 0 Å². The summed E-state index contributed by atoms with van der Waals surface area (Å²) >= 11 is 9.39. The zero-order valence-corrected chi connectivity index (χ0v) is 12.9. The van der Waals surface area contributed by atoms with Crippen molar-refractivity contribution in [2.24, 2.45) is 0 Å². The van der Waals surface area contributed by atoms with Gasteiger partial charge in [-0.3, -0.25) is 4.79 Å². The monoisotopic (exact) mass is 348 g/mol. The van der Waals surface area contributed by atoms with Crippen LogP contribution in [0.4, 0.5) is 5.69 Å². The Morgan fingerprint density at radius 1 is 1.25 bits per heavy atom. The van der Waals surface area contributed by atoms with E-state index < -0.39 is 0 Å². The molecule has 0 atom stereocenters. The smallest absolute Gasteiger partial charge is 0.259 e. The molecule has 5 heteroatoms. The first-order valence-corrected chi connectivity index (χ1v) is 6.93. The van der Waals surface area contributed by atoms with Crippen LogP contribution in [-0.4, -0.2) is 13.0 Å². The predicted octanol–water partition coefficient (Wildman–Crippen LogP) is 4.25. The first kappa shape index (κ1) is 14.6. The lowest BCUT2D eigenvalue weighted by Gasteiger charge is -2.18. The van der Waals surface area contributed by atoms with E-state index in [-0.39, 0.29) is 5.91 Å². The lowest BCUT2D eigenvalue weighted by Crippen LogP contribution is -2.26. The second-order valence-electron chi connectivity index (χ2n) is 4.15. The molecule has 0 spiro atoms. The summed E-state index contributed by atoms with van der Waals surface area (Å²) in [5, 5.41) is 9.16. The normalized spacial score (nSPS) is 9.90. The maximum absolute atomic E-state index is 12.4. The minimum atomic E-state index is -0.202. The van der Waals surface area contributed by atoms with Crippen molar-refractivity contribution in [3.05, 3.63) is 63.1 Å². The summed E-state index contributed by atoms with van der Waals surface area (Å²) in [5.74, 6) is -0.202. The van der Waals surface area contributed by atoms with Gasteiger partial charge in [-0.1, -0.05) is 27.5 Å². The fraction of sp³-hybridized carbons (Fsp3) is 0.0667. The SMILES string of the molecule is CN(C(=O)c1ccc(Br)cc1Cl)c1ccc(C#N)cc1. The molecule has 0 radical (unpaired) electrons. The van der Waals surface area contributed by atoms with Crippen molar-refractivity contribution in [3.8, 4) is 6.07 Å².